The highest BCUT2D eigenvalue weighted by Gasteiger charge is 2.08. The second kappa shape index (κ2) is 17.5. The summed E-state index contributed by atoms with van der Waals surface area (Å²) in [6.45, 7) is 2.26. The molecule has 2 N–H and O–H groups in total. The Bertz CT molecular complexity index is 287. The maximum atomic E-state index is 10.4. The van der Waals surface area contributed by atoms with E-state index in [1.54, 1.807) is 0 Å². The molecule has 3 heteroatoms. The Morgan fingerprint density at radius 1 is 0.826 bits per heavy atom. The lowest BCUT2D eigenvalue weighted by molar-refractivity contribution is -0.139. The fourth-order valence-corrected chi connectivity index (χ4v) is 2.75. The number of aliphatic carboxylic acids is 1. The van der Waals surface area contributed by atoms with Crippen molar-refractivity contribution in [3.63, 3.8) is 0 Å². The van der Waals surface area contributed by atoms with E-state index < -0.39 is 12.1 Å². The summed E-state index contributed by atoms with van der Waals surface area (Å²) in [5.41, 5.74) is 0. The van der Waals surface area contributed by atoms with Crippen molar-refractivity contribution in [3.8, 4) is 0 Å². The number of hydrogen-bond acceptors (Lipinski definition) is 2. The highest BCUT2D eigenvalue weighted by molar-refractivity contribution is 5.67. The second-order valence-electron chi connectivity index (χ2n) is 6.62. The van der Waals surface area contributed by atoms with Gasteiger partial charge < -0.3 is 10.2 Å². The molecule has 0 amide bonds. The van der Waals surface area contributed by atoms with Gasteiger partial charge in [-0.2, -0.15) is 0 Å². The molecule has 0 radical (unpaired) electrons. The number of hydrogen-bond donors (Lipinski definition) is 2. The zero-order valence-electron chi connectivity index (χ0n) is 15.1. The van der Waals surface area contributed by atoms with Gasteiger partial charge in [0.05, 0.1) is 12.5 Å². The lowest BCUT2D eigenvalue weighted by Gasteiger charge is -2.06. The van der Waals surface area contributed by atoms with E-state index in [-0.39, 0.29) is 6.42 Å². The first-order chi connectivity index (χ1) is 11.2. The maximum absolute atomic E-state index is 10.4. The third-order valence-electron chi connectivity index (χ3n) is 4.21. The van der Waals surface area contributed by atoms with Gasteiger partial charge in [0.25, 0.3) is 0 Å². The van der Waals surface area contributed by atoms with Gasteiger partial charge in [-0.1, -0.05) is 76.9 Å². The molecule has 136 valence electrons. The summed E-state index contributed by atoms with van der Waals surface area (Å²) in [5.74, 6) is -0.912. The summed E-state index contributed by atoms with van der Waals surface area (Å²) in [5, 5.41) is 18.0. The maximum Gasteiger partial charge on any atom is 0.305 e. The van der Waals surface area contributed by atoms with Crippen molar-refractivity contribution in [3.05, 3.63) is 12.2 Å². The van der Waals surface area contributed by atoms with E-state index >= 15 is 0 Å². The standard InChI is InChI=1S/C20H38O3/c1-2-3-4-5-6-7-8-9-10-11-12-13-14-15-16-17-19(21)18-20(22)23/h9-10,19,21H,2-8,11-18H2,1H3,(H,22,23)/b10-9+. The summed E-state index contributed by atoms with van der Waals surface area (Å²) in [7, 11) is 0. The predicted molar refractivity (Wildman–Crippen MR) is 97.7 cm³/mol. The van der Waals surface area contributed by atoms with Crippen LogP contribution in [0.4, 0.5) is 0 Å². The van der Waals surface area contributed by atoms with Gasteiger partial charge in [-0.25, -0.2) is 0 Å². The molecule has 3 nitrogen and oxygen atoms in total. The quantitative estimate of drug-likeness (QED) is 0.260. The Morgan fingerprint density at radius 3 is 1.83 bits per heavy atom. The van der Waals surface area contributed by atoms with Crippen LogP contribution in [-0.4, -0.2) is 22.3 Å². The van der Waals surface area contributed by atoms with Crippen molar-refractivity contribution in [1.82, 2.24) is 0 Å². The molecule has 0 heterocycles. The summed E-state index contributed by atoms with van der Waals surface area (Å²) in [6, 6.07) is 0. The topological polar surface area (TPSA) is 57.5 Å². The van der Waals surface area contributed by atoms with E-state index in [1.807, 2.05) is 0 Å². The monoisotopic (exact) mass is 326 g/mol. The van der Waals surface area contributed by atoms with Crippen LogP contribution in [0.3, 0.4) is 0 Å². The Morgan fingerprint density at radius 2 is 1.30 bits per heavy atom. The van der Waals surface area contributed by atoms with Crippen LogP contribution >= 0.6 is 0 Å². The lowest BCUT2D eigenvalue weighted by atomic mass is 10.1. The summed E-state index contributed by atoms with van der Waals surface area (Å²) in [6.07, 6.45) is 20.8. The zero-order valence-corrected chi connectivity index (χ0v) is 15.1. The molecular formula is C20H38O3. The fraction of sp³-hybridized carbons (Fsp3) is 0.850. The molecule has 0 aliphatic heterocycles. The molecule has 0 aliphatic rings. The Hall–Kier alpha value is -0.830. The van der Waals surface area contributed by atoms with Gasteiger partial charge in [-0.3, -0.25) is 4.79 Å². The van der Waals surface area contributed by atoms with Crippen molar-refractivity contribution in [2.45, 2.75) is 109 Å². The first kappa shape index (κ1) is 22.2. The molecule has 0 aromatic heterocycles. The van der Waals surface area contributed by atoms with Gasteiger partial charge in [0.15, 0.2) is 0 Å². The smallest absolute Gasteiger partial charge is 0.305 e. The van der Waals surface area contributed by atoms with Gasteiger partial charge in [-0.15, -0.1) is 0 Å². The molecule has 1 unspecified atom stereocenters. The number of unbranched alkanes of at least 4 members (excludes halogenated alkanes) is 11. The number of rotatable bonds is 17. The second-order valence-corrected chi connectivity index (χ2v) is 6.62. The highest BCUT2D eigenvalue weighted by Crippen LogP contribution is 2.11. The first-order valence-electron chi connectivity index (χ1n) is 9.71. The third-order valence-corrected chi connectivity index (χ3v) is 4.21. The predicted octanol–water partition coefficient (Wildman–Crippen LogP) is 5.86. The van der Waals surface area contributed by atoms with E-state index in [9.17, 15) is 9.90 Å². The van der Waals surface area contributed by atoms with E-state index in [2.05, 4.69) is 19.1 Å². The molecule has 0 rings (SSSR count). The minimum atomic E-state index is -0.912. The molecule has 0 saturated carbocycles. The number of carbonyl (C=O) groups is 1. The SMILES string of the molecule is CCCCCCCC/C=C/CCCCCCCC(O)CC(=O)O. The van der Waals surface area contributed by atoms with Crippen LogP contribution in [0.25, 0.3) is 0 Å². The van der Waals surface area contributed by atoms with Gasteiger partial charge in [-0.05, 0) is 32.1 Å². The molecule has 0 aromatic rings. The summed E-state index contributed by atoms with van der Waals surface area (Å²) >= 11 is 0. The normalized spacial score (nSPS) is 12.8. The molecule has 0 aliphatic carbocycles. The summed E-state index contributed by atoms with van der Waals surface area (Å²) in [4.78, 5) is 10.4. The lowest BCUT2D eigenvalue weighted by Crippen LogP contribution is -2.12. The molecule has 0 fully saturated rings. The Kier molecular flexibility index (Phi) is 16.9. The number of carboxylic acid groups (broad SMARTS) is 1. The molecular weight excluding hydrogens is 288 g/mol. The molecule has 0 aromatic carbocycles. The zero-order chi connectivity index (χ0) is 17.2. The van der Waals surface area contributed by atoms with Crippen molar-refractivity contribution in [2.24, 2.45) is 0 Å². The number of allylic oxidation sites excluding steroid dienone is 2. The van der Waals surface area contributed by atoms with Crippen molar-refractivity contribution < 1.29 is 15.0 Å². The van der Waals surface area contributed by atoms with Crippen molar-refractivity contribution in [1.29, 1.82) is 0 Å². The van der Waals surface area contributed by atoms with E-state index in [4.69, 9.17) is 5.11 Å². The van der Waals surface area contributed by atoms with Gasteiger partial charge in [0.2, 0.25) is 0 Å². The van der Waals surface area contributed by atoms with E-state index in [0.29, 0.717) is 6.42 Å². The minimum absolute atomic E-state index is 0.122. The molecule has 0 bridgehead atoms. The van der Waals surface area contributed by atoms with Crippen LogP contribution in [0, 0.1) is 0 Å². The molecule has 23 heavy (non-hydrogen) atoms. The van der Waals surface area contributed by atoms with Crippen LogP contribution in [0.15, 0.2) is 12.2 Å². The van der Waals surface area contributed by atoms with Crippen LogP contribution in [0.5, 0.6) is 0 Å². The molecule has 1 atom stereocenters. The van der Waals surface area contributed by atoms with E-state index in [1.165, 1.54) is 70.6 Å². The average molecular weight is 327 g/mol. The number of carboxylic acids is 1. The minimum Gasteiger partial charge on any atom is -0.481 e. The van der Waals surface area contributed by atoms with Crippen molar-refractivity contribution >= 4 is 5.97 Å². The Balaban J connectivity index is 3.17. The van der Waals surface area contributed by atoms with Crippen molar-refractivity contribution in [2.75, 3.05) is 0 Å². The fourth-order valence-electron chi connectivity index (χ4n) is 2.75. The largest absolute Gasteiger partial charge is 0.481 e. The number of aliphatic hydroxyl groups excluding tert-OH is 1. The molecule has 0 spiro atoms. The van der Waals surface area contributed by atoms with Crippen LogP contribution < -0.4 is 0 Å². The van der Waals surface area contributed by atoms with Crippen LogP contribution in [0.1, 0.15) is 103 Å². The van der Waals surface area contributed by atoms with Gasteiger partial charge in [0, 0.05) is 0 Å². The van der Waals surface area contributed by atoms with Crippen LogP contribution in [-0.2, 0) is 4.79 Å². The average Bonchev–Trinajstić information content (AvgIpc) is 2.50. The van der Waals surface area contributed by atoms with Gasteiger partial charge >= 0.3 is 5.97 Å². The first-order valence-corrected chi connectivity index (χ1v) is 9.71. The van der Waals surface area contributed by atoms with E-state index in [0.717, 1.165) is 12.8 Å². The third kappa shape index (κ3) is 19.1. The van der Waals surface area contributed by atoms with Gasteiger partial charge in [0.1, 0.15) is 0 Å². The molecule has 0 saturated heterocycles. The Labute approximate surface area is 143 Å². The highest BCUT2D eigenvalue weighted by atomic mass is 16.4. The summed E-state index contributed by atoms with van der Waals surface area (Å²) < 4.78 is 0. The number of aliphatic hydroxyl groups is 1. The van der Waals surface area contributed by atoms with Crippen LogP contribution in [0.2, 0.25) is 0 Å².